The average Bonchev–Trinajstić information content (AvgIpc) is 3.17. The van der Waals surface area contributed by atoms with Gasteiger partial charge in [0.25, 0.3) is 0 Å². The molecule has 0 saturated carbocycles. The van der Waals surface area contributed by atoms with E-state index in [9.17, 15) is 0 Å². The quantitative estimate of drug-likeness (QED) is 0.630. The van der Waals surface area contributed by atoms with Crippen LogP contribution < -0.4 is 10.2 Å². The van der Waals surface area contributed by atoms with Gasteiger partial charge in [0, 0.05) is 16.8 Å². The first kappa shape index (κ1) is 17.2. The van der Waals surface area contributed by atoms with Crippen LogP contribution in [0.5, 0.6) is 0 Å². The van der Waals surface area contributed by atoms with E-state index in [2.05, 4.69) is 71.7 Å². The molecule has 5 heteroatoms. The molecule has 0 spiro atoms. The van der Waals surface area contributed by atoms with Crippen LogP contribution in [0.4, 0.5) is 5.69 Å². The van der Waals surface area contributed by atoms with Crippen LogP contribution in [0.1, 0.15) is 39.3 Å². The van der Waals surface area contributed by atoms with Gasteiger partial charge in [0.1, 0.15) is 0 Å². The molecule has 3 heterocycles. The molecule has 132 valence electrons. The van der Waals surface area contributed by atoms with Crippen molar-refractivity contribution in [2.24, 2.45) is 0 Å². The van der Waals surface area contributed by atoms with Crippen LogP contribution >= 0.6 is 23.6 Å². The largest absolute Gasteiger partial charge is 0.351 e. The van der Waals surface area contributed by atoms with Crippen molar-refractivity contribution in [3.8, 4) is 0 Å². The minimum Gasteiger partial charge on any atom is -0.351 e. The molecule has 1 aliphatic rings. The number of aromatic nitrogens is 1. The average molecular weight is 380 g/mol. The molecule has 0 radical (unpaired) electrons. The SMILES string of the molecule is Cc1cc(C)cc(N2C(=S)N[C@@H](c3ccccn3)[C@H]2c2sccc2C)c1. The van der Waals surface area contributed by atoms with Gasteiger partial charge >= 0.3 is 0 Å². The van der Waals surface area contributed by atoms with Crippen molar-refractivity contribution >= 4 is 34.4 Å². The number of nitrogens with zero attached hydrogens (tertiary/aromatic N) is 2. The van der Waals surface area contributed by atoms with Crippen molar-refractivity contribution in [2.45, 2.75) is 32.9 Å². The number of thiocarbonyl (C=S) groups is 1. The molecule has 0 bridgehead atoms. The van der Waals surface area contributed by atoms with Gasteiger partial charge in [0.05, 0.1) is 17.8 Å². The number of thiophene rings is 1. The van der Waals surface area contributed by atoms with Crippen LogP contribution in [0.3, 0.4) is 0 Å². The fourth-order valence-electron chi connectivity index (χ4n) is 3.68. The maximum absolute atomic E-state index is 5.77. The maximum atomic E-state index is 5.77. The summed E-state index contributed by atoms with van der Waals surface area (Å²) in [6, 6.07) is 15.0. The molecular weight excluding hydrogens is 358 g/mol. The predicted octanol–water partition coefficient (Wildman–Crippen LogP) is 5.25. The fraction of sp³-hybridized carbons (Fsp3) is 0.238. The lowest BCUT2D eigenvalue weighted by Crippen LogP contribution is -2.29. The Kier molecular flexibility index (Phi) is 4.51. The first-order chi connectivity index (χ1) is 12.5. The third-order valence-corrected chi connectivity index (χ3v) is 6.16. The molecular formula is C21H21N3S2. The lowest BCUT2D eigenvalue weighted by atomic mass is 10.00. The molecule has 4 rings (SSSR count). The zero-order chi connectivity index (χ0) is 18.3. The highest BCUT2D eigenvalue weighted by molar-refractivity contribution is 7.80. The van der Waals surface area contributed by atoms with Gasteiger partial charge in [-0.15, -0.1) is 11.3 Å². The topological polar surface area (TPSA) is 28.2 Å². The van der Waals surface area contributed by atoms with Gasteiger partial charge in [-0.25, -0.2) is 0 Å². The summed E-state index contributed by atoms with van der Waals surface area (Å²) in [5.74, 6) is 0. The van der Waals surface area contributed by atoms with Crippen molar-refractivity contribution in [3.05, 3.63) is 81.3 Å². The van der Waals surface area contributed by atoms with E-state index in [1.54, 1.807) is 11.3 Å². The van der Waals surface area contributed by atoms with Gasteiger partial charge < -0.3 is 10.2 Å². The molecule has 2 aromatic heterocycles. The summed E-state index contributed by atoms with van der Waals surface area (Å²) in [7, 11) is 0. The first-order valence-electron chi connectivity index (χ1n) is 8.67. The Morgan fingerprint density at radius 3 is 2.46 bits per heavy atom. The standard InChI is InChI=1S/C21H21N3S2/c1-13-10-14(2)12-16(11-13)24-19(20-15(3)7-9-26-20)18(23-21(24)25)17-6-4-5-8-22-17/h4-12,18-19H,1-3H3,(H,23,25)/t18-,19-/m0/s1. The fourth-order valence-corrected chi connectivity index (χ4v) is 5.08. The normalized spacial score (nSPS) is 19.7. The molecule has 1 aromatic carbocycles. The Morgan fingerprint density at radius 1 is 1.08 bits per heavy atom. The molecule has 0 unspecified atom stereocenters. The van der Waals surface area contributed by atoms with E-state index >= 15 is 0 Å². The van der Waals surface area contributed by atoms with Crippen molar-refractivity contribution in [2.75, 3.05) is 4.90 Å². The summed E-state index contributed by atoms with van der Waals surface area (Å²) in [5.41, 5.74) is 5.93. The first-order valence-corrected chi connectivity index (χ1v) is 9.96. The summed E-state index contributed by atoms with van der Waals surface area (Å²) in [6.07, 6.45) is 1.85. The third kappa shape index (κ3) is 3.02. The molecule has 3 nitrogen and oxygen atoms in total. The Morgan fingerprint density at radius 2 is 1.85 bits per heavy atom. The van der Waals surface area contributed by atoms with Crippen LogP contribution in [0.2, 0.25) is 0 Å². The molecule has 1 saturated heterocycles. The van der Waals surface area contributed by atoms with Crippen LogP contribution in [0.15, 0.2) is 54.0 Å². The Balaban J connectivity index is 1.86. The van der Waals surface area contributed by atoms with Crippen LogP contribution in [0.25, 0.3) is 0 Å². The van der Waals surface area contributed by atoms with Crippen molar-refractivity contribution < 1.29 is 0 Å². The van der Waals surface area contributed by atoms with Gasteiger partial charge in [-0.3, -0.25) is 4.98 Å². The van der Waals surface area contributed by atoms with E-state index in [1.165, 1.54) is 21.6 Å². The zero-order valence-electron chi connectivity index (χ0n) is 15.1. The summed E-state index contributed by atoms with van der Waals surface area (Å²) < 4.78 is 0. The molecule has 1 fully saturated rings. The molecule has 1 aliphatic heterocycles. The Hall–Kier alpha value is -2.24. The van der Waals surface area contributed by atoms with E-state index in [-0.39, 0.29) is 12.1 Å². The number of pyridine rings is 1. The van der Waals surface area contributed by atoms with E-state index in [0.29, 0.717) is 0 Å². The van der Waals surface area contributed by atoms with E-state index in [1.807, 2.05) is 18.3 Å². The highest BCUT2D eigenvalue weighted by atomic mass is 32.1. The van der Waals surface area contributed by atoms with Gasteiger partial charge in [-0.05, 0) is 85.4 Å². The summed E-state index contributed by atoms with van der Waals surface area (Å²) in [5, 5.41) is 6.43. The van der Waals surface area contributed by atoms with Crippen molar-refractivity contribution in [1.82, 2.24) is 10.3 Å². The maximum Gasteiger partial charge on any atom is 0.174 e. The van der Waals surface area contributed by atoms with Gasteiger partial charge in [-0.1, -0.05) is 12.1 Å². The number of nitrogens with one attached hydrogen (secondary N) is 1. The molecule has 1 N–H and O–H groups in total. The zero-order valence-corrected chi connectivity index (χ0v) is 16.7. The van der Waals surface area contributed by atoms with Gasteiger partial charge in [0.2, 0.25) is 0 Å². The van der Waals surface area contributed by atoms with Crippen LogP contribution in [0, 0.1) is 20.8 Å². The molecule has 26 heavy (non-hydrogen) atoms. The summed E-state index contributed by atoms with van der Waals surface area (Å²) in [6.45, 7) is 6.43. The smallest absolute Gasteiger partial charge is 0.174 e. The number of hydrogen-bond acceptors (Lipinski definition) is 3. The minimum absolute atomic E-state index is 0.0295. The second-order valence-corrected chi connectivity index (χ2v) is 8.14. The Labute approximate surface area is 163 Å². The molecule has 0 amide bonds. The third-order valence-electron chi connectivity index (χ3n) is 4.75. The van der Waals surface area contributed by atoms with Gasteiger partial charge in [0.15, 0.2) is 5.11 Å². The highest BCUT2D eigenvalue weighted by Gasteiger charge is 2.41. The van der Waals surface area contributed by atoms with E-state index in [4.69, 9.17) is 12.2 Å². The summed E-state index contributed by atoms with van der Waals surface area (Å²) >= 11 is 7.56. The predicted molar refractivity (Wildman–Crippen MR) is 113 cm³/mol. The van der Waals surface area contributed by atoms with E-state index in [0.717, 1.165) is 16.5 Å². The number of rotatable bonds is 3. The van der Waals surface area contributed by atoms with E-state index < -0.39 is 0 Å². The lowest BCUT2D eigenvalue weighted by Gasteiger charge is -2.28. The minimum atomic E-state index is 0.0295. The number of anilines is 1. The lowest BCUT2D eigenvalue weighted by molar-refractivity contribution is 0.573. The molecule has 2 atom stereocenters. The summed E-state index contributed by atoms with van der Waals surface area (Å²) in [4.78, 5) is 8.19. The van der Waals surface area contributed by atoms with Gasteiger partial charge in [-0.2, -0.15) is 0 Å². The second-order valence-electron chi connectivity index (χ2n) is 6.81. The van der Waals surface area contributed by atoms with Crippen molar-refractivity contribution in [3.63, 3.8) is 0 Å². The van der Waals surface area contributed by atoms with Crippen LogP contribution in [-0.2, 0) is 0 Å². The number of benzene rings is 1. The number of hydrogen-bond donors (Lipinski definition) is 1. The van der Waals surface area contributed by atoms with Crippen LogP contribution in [-0.4, -0.2) is 10.1 Å². The molecule has 3 aromatic rings. The second kappa shape index (κ2) is 6.82. The molecule has 0 aliphatic carbocycles. The Bertz CT molecular complexity index is 929. The van der Waals surface area contributed by atoms with Crippen molar-refractivity contribution in [1.29, 1.82) is 0 Å². The number of aryl methyl sites for hydroxylation is 3. The highest BCUT2D eigenvalue weighted by Crippen LogP contribution is 2.44. The monoisotopic (exact) mass is 379 g/mol.